The minimum absolute atomic E-state index is 0.307. The Hall–Kier alpha value is -2.94. The maximum absolute atomic E-state index is 13.9. The summed E-state index contributed by atoms with van der Waals surface area (Å²) in [6.45, 7) is 0. The fourth-order valence-corrected chi connectivity index (χ4v) is 1.83. The smallest absolute Gasteiger partial charge is 0.264 e. The van der Waals surface area contributed by atoms with Crippen molar-refractivity contribution in [2.24, 2.45) is 0 Å². The number of nitriles is 1. The van der Waals surface area contributed by atoms with E-state index in [9.17, 15) is 13.6 Å². The number of anilines is 2. The Morgan fingerprint density at radius 1 is 1.29 bits per heavy atom. The summed E-state index contributed by atoms with van der Waals surface area (Å²) in [7, 11) is 1.36. The van der Waals surface area contributed by atoms with Crippen molar-refractivity contribution in [1.29, 1.82) is 5.26 Å². The van der Waals surface area contributed by atoms with Crippen molar-refractivity contribution >= 4 is 17.3 Å². The summed E-state index contributed by atoms with van der Waals surface area (Å²) in [6, 6.07) is 10.0. The van der Waals surface area contributed by atoms with Crippen LogP contribution in [0.15, 0.2) is 36.4 Å². The Morgan fingerprint density at radius 3 is 2.67 bits per heavy atom. The minimum atomic E-state index is -1.09. The van der Waals surface area contributed by atoms with E-state index in [1.165, 1.54) is 13.1 Å². The number of hydrogen-bond donors (Lipinski definition) is 1. The van der Waals surface area contributed by atoms with E-state index in [1.807, 2.05) is 6.07 Å². The van der Waals surface area contributed by atoms with Gasteiger partial charge in [0.05, 0.1) is 17.3 Å². The minimum Gasteiger partial charge on any atom is -0.396 e. The normalized spacial score (nSPS) is 10.0. The summed E-state index contributed by atoms with van der Waals surface area (Å²) in [6.07, 6.45) is 0. The summed E-state index contributed by atoms with van der Waals surface area (Å²) in [4.78, 5) is 13.3. The number of hydrogen-bond acceptors (Lipinski definition) is 3. The maximum atomic E-state index is 13.9. The lowest BCUT2D eigenvalue weighted by molar-refractivity contribution is 0.0985. The second-order valence-electron chi connectivity index (χ2n) is 4.35. The highest BCUT2D eigenvalue weighted by atomic mass is 19.1. The van der Waals surface area contributed by atoms with E-state index < -0.39 is 23.1 Å². The monoisotopic (exact) mass is 287 g/mol. The van der Waals surface area contributed by atoms with E-state index in [1.54, 1.807) is 18.2 Å². The van der Waals surface area contributed by atoms with Gasteiger partial charge in [-0.05, 0) is 30.3 Å². The van der Waals surface area contributed by atoms with Gasteiger partial charge < -0.3 is 10.6 Å². The molecule has 0 fully saturated rings. The molecule has 0 aliphatic heterocycles. The molecule has 2 N–H and O–H groups in total. The van der Waals surface area contributed by atoms with E-state index in [-0.39, 0.29) is 5.69 Å². The molecule has 0 atom stereocenters. The first-order valence-corrected chi connectivity index (χ1v) is 5.97. The number of carbonyl (C=O) groups excluding carboxylic acids is 1. The van der Waals surface area contributed by atoms with Gasteiger partial charge in [-0.1, -0.05) is 6.07 Å². The molecule has 0 radical (unpaired) electrons. The zero-order valence-corrected chi connectivity index (χ0v) is 11.1. The Kier molecular flexibility index (Phi) is 3.85. The van der Waals surface area contributed by atoms with Crippen LogP contribution in [0.25, 0.3) is 0 Å². The molecule has 2 aromatic carbocycles. The van der Waals surface area contributed by atoms with Gasteiger partial charge in [-0.15, -0.1) is 0 Å². The number of amides is 1. The molecule has 106 valence electrons. The van der Waals surface area contributed by atoms with Crippen molar-refractivity contribution in [1.82, 2.24) is 0 Å². The van der Waals surface area contributed by atoms with E-state index >= 15 is 0 Å². The summed E-state index contributed by atoms with van der Waals surface area (Å²) in [5.41, 5.74) is 5.01. The Labute approximate surface area is 120 Å². The Morgan fingerprint density at radius 2 is 2.00 bits per heavy atom. The second-order valence-corrected chi connectivity index (χ2v) is 4.35. The third kappa shape index (κ3) is 2.67. The maximum Gasteiger partial charge on any atom is 0.264 e. The van der Waals surface area contributed by atoms with Gasteiger partial charge in [-0.3, -0.25) is 4.79 Å². The lowest BCUT2D eigenvalue weighted by Crippen LogP contribution is -2.28. The molecule has 0 aromatic heterocycles. The fraction of sp³-hybridized carbons (Fsp3) is 0.0667. The number of nitrogens with two attached hydrogens (primary N) is 1. The molecule has 0 saturated heterocycles. The molecule has 0 aliphatic rings. The van der Waals surface area contributed by atoms with E-state index in [0.717, 1.165) is 17.0 Å². The Balaban J connectivity index is 2.45. The summed E-state index contributed by atoms with van der Waals surface area (Å²) >= 11 is 0. The molecule has 0 bridgehead atoms. The zero-order chi connectivity index (χ0) is 15.6. The van der Waals surface area contributed by atoms with Gasteiger partial charge in [0.1, 0.15) is 11.4 Å². The second kappa shape index (κ2) is 5.59. The van der Waals surface area contributed by atoms with Crippen LogP contribution in [0.2, 0.25) is 0 Å². The largest absolute Gasteiger partial charge is 0.396 e. The molecule has 21 heavy (non-hydrogen) atoms. The van der Waals surface area contributed by atoms with Gasteiger partial charge in [0.25, 0.3) is 5.91 Å². The van der Waals surface area contributed by atoms with E-state index in [4.69, 9.17) is 11.0 Å². The van der Waals surface area contributed by atoms with Gasteiger partial charge in [0.2, 0.25) is 0 Å². The fourth-order valence-electron chi connectivity index (χ4n) is 1.83. The van der Waals surface area contributed by atoms with Crippen molar-refractivity contribution in [3.05, 3.63) is 59.2 Å². The van der Waals surface area contributed by atoms with Gasteiger partial charge in [-0.2, -0.15) is 5.26 Å². The van der Waals surface area contributed by atoms with Crippen LogP contribution >= 0.6 is 0 Å². The molecule has 6 heteroatoms. The number of nitrogens with zero attached hydrogens (tertiary/aromatic N) is 2. The van der Waals surface area contributed by atoms with Crippen LogP contribution < -0.4 is 10.6 Å². The highest BCUT2D eigenvalue weighted by Crippen LogP contribution is 2.23. The van der Waals surface area contributed by atoms with Gasteiger partial charge in [0, 0.05) is 12.7 Å². The number of halogens is 2. The lowest BCUT2D eigenvalue weighted by atomic mass is 10.1. The number of benzene rings is 2. The predicted octanol–water partition coefficient (Wildman–Crippen LogP) is 2.70. The van der Waals surface area contributed by atoms with Crippen LogP contribution in [0.3, 0.4) is 0 Å². The van der Waals surface area contributed by atoms with Gasteiger partial charge in [-0.25, -0.2) is 8.78 Å². The number of carbonyl (C=O) groups is 1. The van der Waals surface area contributed by atoms with Crippen LogP contribution in [-0.2, 0) is 0 Å². The third-order valence-corrected chi connectivity index (χ3v) is 3.00. The van der Waals surface area contributed by atoms with Crippen LogP contribution in [0.1, 0.15) is 15.9 Å². The molecule has 4 nitrogen and oxygen atoms in total. The molecule has 0 spiro atoms. The number of rotatable bonds is 2. The van der Waals surface area contributed by atoms with Crippen molar-refractivity contribution in [2.75, 3.05) is 17.7 Å². The highest BCUT2D eigenvalue weighted by Gasteiger charge is 2.23. The van der Waals surface area contributed by atoms with Crippen LogP contribution in [0.4, 0.5) is 20.2 Å². The SMILES string of the molecule is CN(C(=O)c1c(F)ccc(N)c1F)c1cccc(C#N)c1. The topological polar surface area (TPSA) is 70.1 Å². The first kappa shape index (κ1) is 14.5. The quantitative estimate of drug-likeness (QED) is 0.863. The third-order valence-electron chi connectivity index (χ3n) is 3.00. The number of nitrogen functional groups attached to an aromatic ring is 1. The average molecular weight is 287 g/mol. The molecule has 2 aromatic rings. The van der Waals surface area contributed by atoms with E-state index in [0.29, 0.717) is 11.3 Å². The summed E-state index contributed by atoms with van der Waals surface area (Å²) < 4.78 is 27.6. The molecule has 0 saturated carbocycles. The summed E-state index contributed by atoms with van der Waals surface area (Å²) in [5.74, 6) is -2.97. The van der Waals surface area contributed by atoms with Crippen molar-refractivity contribution < 1.29 is 13.6 Å². The Bertz CT molecular complexity index is 753. The van der Waals surface area contributed by atoms with Crippen molar-refractivity contribution in [3.8, 4) is 6.07 Å². The zero-order valence-electron chi connectivity index (χ0n) is 11.1. The van der Waals surface area contributed by atoms with Crippen molar-refractivity contribution in [3.63, 3.8) is 0 Å². The average Bonchev–Trinajstić information content (AvgIpc) is 2.50. The molecule has 0 heterocycles. The highest BCUT2D eigenvalue weighted by molar-refractivity contribution is 6.06. The predicted molar refractivity (Wildman–Crippen MR) is 74.7 cm³/mol. The van der Waals surface area contributed by atoms with Crippen LogP contribution in [0.5, 0.6) is 0 Å². The first-order chi connectivity index (χ1) is 9.95. The molecule has 0 unspecified atom stereocenters. The molecular formula is C15H11F2N3O. The van der Waals surface area contributed by atoms with Gasteiger partial charge >= 0.3 is 0 Å². The summed E-state index contributed by atoms with van der Waals surface area (Å²) in [5, 5.41) is 8.83. The van der Waals surface area contributed by atoms with Crippen molar-refractivity contribution in [2.45, 2.75) is 0 Å². The molecule has 0 aliphatic carbocycles. The van der Waals surface area contributed by atoms with Crippen LogP contribution in [-0.4, -0.2) is 13.0 Å². The van der Waals surface area contributed by atoms with Gasteiger partial charge in [0.15, 0.2) is 5.82 Å². The molecule has 2 rings (SSSR count). The molecule has 1 amide bonds. The van der Waals surface area contributed by atoms with E-state index in [2.05, 4.69) is 0 Å². The standard InChI is InChI=1S/C15H11F2N3O/c1-20(10-4-2-3-9(7-10)8-18)15(21)13-11(16)5-6-12(19)14(13)17/h2-7H,19H2,1H3. The lowest BCUT2D eigenvalue weighted by Gasteiger charge is -2.18. The van der Waals surface area contributed by atoms with Crippen LogP contribution in [0, 0.1) is 23.0 Å². The molecular weight excluding hydrogens is 276 g/mol. The first-order valence-electron chi connectivity index (χ1n) is 5.97.